The van der Waals surface area contributed by atoms with E-state index >= 15 is 0 Å². The molecule has 0 bridgehead atoms. The highest BCUT2D eigenvalue weighted by atomic mass is 35.5. The Morgan fingerprint density at radius 1 is 1.17 bits per heavy atom. The monoisotopic (exact) mass is 269 g/mol. The molecule has 1 saturated carbocycles. The maximum absolute atomic E-state index is 6.15. The highest BCUT2D eigenvalue weighted by molar-refractivity contribution is 6.28. The molecule has 18 heavy (non-hydrogen) atoms. The fraction of sp³-hybridized carbons (Fsp3) is 0.857. The summed E-state index contributed by atoms with van der Waals surface area (Å²) >= 11 is 6.15. The number of halogens is 1. The van der Waals surface area contributed by atoms with E-state index in [-0.39, 0.29) is 0 Å². The largest absolute Gasteiger partial charge is 0.301 e. The van der Waals surface area contributed by atoms with Gasteiger partial charge in [0.2, 0.25) is 5.28 Å². The number of hydrogen-bond donors (Lipinski definition) is 0. The molecule has 1 heterocycles. The normalized spacial score (nSPS) is 24.7. The number of hydrogen-bond acceptors (Lipinski definition) is 2. The second kappa shape index (κ2) is 6.05. The van der Waals surface area contributed by atoms with Crippen LogP contribution in [0, 0.1) is 11.8 Å². The van der Waals surface area contributed by atoms with Crippen molar-refractivity contribution in [3.63, 3.8) is 0 Å². The van der Waals surface area contributed by atoms with Crippen LogP contribution in [0.1, 0.15) is 64.6 Å². The van der Waals surface area contributed by atoms with Gasteiger partial charge < -0.3 is 4.57 Å². The summed E-state index contributed by atoms with van der Waals surface area (Å²) < 4.78 is 2.11. The highest BCUT2D eigenvalue weighted by Gasteiger charge is 2.23. The third-order valence-corrected chi connectivity index (χ3v) is 4.51. The molecule has 1 aromatic rings. The second-order valence-corrected chi connectivity index (χ2v) is 6.23. The molecule has 0 spiro atoms. The third kappa shape index (κ3) is 3.05. The second-order valence-electron chi connectivity index (χ2n) is 5.89. The Balaban J connectivity index is 2.00. The summed E-state index contributed by atoms with van der Waals surface area (Å²) in [5.74, 6) is 3.11. The molecule has 1 aromatic heterocycles. The fourth-order valence-corrected chi connectivity index (χ4v) is 3.16. The average molecular weight is 270 g/mol. The molecule has 0 atom stereocenters. The van der Waals surface area contributed by atoms with Crippen LogP contribution in [0.4, 0.5) is 0 Å². The molecule has 3 nitrogen and oxygen atoms in total. The molecule has 0 aromatic carbocycles. The quantitative estimate of drug-likeness (QED) is 0.817. The van der Waals surface area contributed by atoms with Crippen molar-refractivity contribution in [3.05, 3.63) is 11.1 Å². The van der Waals surface area contributed by atoms with Gasteiger partial charge in [-0.05, 0) is 36.3 Å². The van der Waals surface area contributed by atoms with Crippen LogP contribution in [0.25, 0.3) is 0 Å². The predicted molar refractivity (Wildman–Crippen MR) is 74.9 cm³/mol. The molecule has 1 aliphatic carbocycles. The van der Waals surface area contributed by atoms with Crippen molar-refractivity contribution >= 4 is 11.6 Å². The lowest BCUT2D eigenvalue weighted by Crippen LogP contribution is -2.20. The molecule has 0 saturated heterocycles. The summed E-state index contributed by atoms with van der Waals surface area (Å²) in [4.78, 5) is 0. The van der Waals surface area contributed by atoms with E-state index in [4.69, 9.17) is 11.6 Å². The Kier molecular flexibility index (Phi) is 4.66. The zero-order valence-electron chi connectivity index (χ0n) is 11.7. The van der Waals surface area contributed by atoms with E-state index in [1.807, 2.05) is 0 Å². The standard InChI is InChI=1S/C14H24ClN3/c1-4-11-5-7-12(8-6-11)9-18-13(10(2)3)16-17-14(18)15/h10-12H,4-9H2,1-3H3. The van der Waals surface area contributed by atoms with E-state index < -0.39 is 0 Å². The molecule has 0 amide bonds. The summed E-state index contributed by atoms with van der Waals surface area (Å²) in [5, 5.41) is 8.76. The Bertz CT molecular complexity index is 378. The van der Waals surface area contributed by atoms with E-state index in [0.29, 0.717) is 11.2 Å². The van der Waals surface area contributed by atoms with E-state index in [9.17, 15) is 0 Å². The van der Waals surface area contributed by atoms with E-state index in [1.165, 1.54) is 32.1 Å². The molecule has 4 heteroatoms. The summed E-state index contributed by atoms with van der Waals surface area (Å²) in [6.07, 6.45) is 6.72. The van der Waals surface area contributed by atoms with E-state index in [1.54, 1.807) is 0 Å². The molecular formula is C14H24ClN3. The smallest absolute Gasteiger partial charge is 0.225 e. The van der Waals surface area contributed by atoms with Gasteiger partial charge in [0.15, 0.2) is 0 Å². The first-order valence-corrected chi connectivity index (χ1v) is 7.58. The maximum atomic E-state index is 6.15. The third-order valence-electron chi connectivity index (χ3n) is 4.24. The molecule has 2 rings (SSSR count). The lowest BCUT2D eigenvalue weighted by molar-refractivity contribution is 0.245. The van der Waals surface area contributed by atoms with E-state index in [0.717, 1.165) is 24.2 Å². The Morgan fingerprint density at radius 3 is 2.33 bits per heavy atom. The predicted octanol–water partition coefficient (Wildman–Crippen LogP) is 4.27. The zero-order valence-corrected chi connectivity index (χ0v) is 12.5. The molecule has 102 valence electrons. The van der Waals surface area contributed by atoms with Crippen molar-refractivity contribution in [1.29, 1.82) is 0 Å². The number of nitrogens with zero attached hydrogens (tertiary/aromatic N) is 3. The van der Waals surface area contributed by atoms with Gasteiger partial charge in [0.1, 0.15) is 5.82 Å². The summed E-state index contributed by atoms with van der Waals surface area (Å²) in [7, 11) is 0. The minimum absolute atomic E-state index is 0.386. The molecule has 0 N–H and O–H groups in total. The molecule has 0 radical (unpaired) electrons. The van der Waals surface area contributed by atoms with Gasteiger partial charge >= 0.3 is 0 Å². The van der Waals surface area contributed by atoms with Gasteiger partial charge in [-0.15, -0.1) is 10.2 Å². The Morgan fingerprint density at radius 2 is 1.78 bits per heavy atom. The summed E-state index contributed by atoms with van der Waals surface area (Å²) in [5.41, 5.74) is 0. The van der Waals surface area contributed by atoms with Gasteiger partial charge in [-0.3, -0.25) is 0 Å². The van der Waals surface area contributed by atoms with Crippen LogP contribution >= 0.6 is 11.6 Å². The minimum atomic E-state index is 0.386. The first-order chi connectivity index (χ1) is 8.61. The van der Waals surface area contributed by atoms with Crippen molar-refractivity contribution in [2.75, 3.05) is 0 Å². The Labute approximate surface area is 115 Å². The van der Waals surface area contributed by atoms with Gasteiger partial charge in [0.25, 0.3) is 0 Å². The van der Waals surface area contributed by atoms with Gasteiger partial charge in [-0.2, -0.15) is 0 Å². The average Bonchev–Trinajstić information content (AvgIpc) is 2.72. The summed E-state index contributed by atoms with van der Waals surface area (Å²) in [6, 6.07) is 0. The van der Waals surface area contributed by atoms with Gasteiger partial charge in [-0.1, -0.05) is 40.0 Å². The zero-order chi connectivity index (χ0) is 13.1. The van der Waals surface area contributed by atoms with Crippen LogP contribution in [-0.4, -0.2) is 14.8 Å². The van der Waals surface area contributed by atoms with Crippen molar-refractivity contribution in [3.8, 4) is 0 Å². The molecular weight excluding hydrogens is 246 g/mol. The summed E-state index contributed by atoms with van der Waals surface area (Å²) in [6.45, 7) is 7.59. The first-order valence-electron chi connectivity index (χ1n) is 7.20. The SMILES string of the molecule is CCC1CCC(Cn2c(Cl)nnc2C(C)C)CC1. The van der Waals surface area contributed by atoms with Crippen LogP contribution in [0.5, 0.6) is 0 Å². The van der Waals surface area contributed by atoms with Crippen LogP contribution in [0.15, 0.2) is 0 Å². The topological polar surface area (TPSA) is 30.7 Å². The van der Waals surface area contributed by atoms with Crippen molar-refractivity contribution in [2.45, 2.75) is 65.3 Å². The van der Waals surface area contributed by atoms with Crippen LogP contribution in [0.2, 0.25) is 5.28 Å². The van der Waals surface area contributed by atoms with Gasteiger partial charge in [0.05, 0.1) is 0 Å². The number of aromatic nitrogens is 3. The van der Waals surface area contributed by atoms with Crippen molar-refractivity contribution in [1.82, 2.24) is 14.8 Å². The fourth-order valence-electron chi connectivity index (χ4n) is 2.97. The van der Waals surface area contributed by atoms with Crippen molar-refractivity contribution in [2.24, 2.45) is 11.8 Å². The molecule has 0 aliphatic heterocycles. The van der Waals surface area contributed by atoms with Gasteiger partial charge in [-0.25, -0.2) is 0 Å². The molecule has 1 fully saturated rings. The van der Waals surface area contributed by atoms with E-state index in [2.05, 4.69) is 35.5 Å². The lowest BCUT2D eigenvalue weighted by atomic mass is 9.81. The van der Waals surface area contributed by atoms with Crippen molar-refractivity contribution < 1.29 is 0 Å². The maximum Gasteiger partial charge on any atom is 0.225 e. The van der Waals surface area contributed by atoms with Crippen LogP contribution < -0.4 is 0 Å². The van der Waals surface area contributed by atoms with Crippen LogP contribution in [-0.2, 0) is 6.54 Å². The minimum Gasteiger partial charge on any atom is -0.301 e. The van der Waals surface area contributed by atoms with Crippen LogP contribution in [0.3, 0.4) is 0 Å². The lowest BCUT2D eigenvalue weighted by Gasteiger charge is -2.28. The molecule has 0 unspecified atom stereocenters. The van der Waals surface area contributed by atoms with Gasteiger partial charge in [0, 0.05) is 12.5 Å². The Hall–Kier alpha value is -0.570. The first kappa shape index (κ1) is 13.9. The highest BCUT2D eigenvalue weighted by Crippen LogP contribution is 2.32. The number of rotatable bonds is 4. The molecule has 1 aliphatic rings.